The standard InChI is InChI=1S/C19H25FN4/c1-3-5-17-12-18(24-11-4-6-14(2)13-24)23-19(22-17)21-16-9-7-15(20)8-10-16/h7-10,12,14H,3-6,11,13H2,1-2H3,(H,21,22,23). The number of hydrogen-bond acceptors (Lipinski definition) is 4. The molecular weight excluding hydrogens is 303 g/mol. The largest absolute Gasteiger partial charge is 0.356 e. The Kier molecular flexibility index (Phi) is 5.28. The number of rotatable bonds is 5. The van der Waals surface area contributed by atoms with Crippen molar-refractivity contribution in [3.05, 3.63) is 41.8 Å². The Morgan fingerprint density at radius 1 is 1.25 bits per heavy atom. The summed E-state index contributed by atoms with van der Waals surface area (Å²) < 4.78 is 13.1. The van der Waals surface area contributed by atoms with Gasteiger partial charge in [0.25, 0.3) is 0 Å². The molecule has 1 saturated heterocycles. The van der Waals surface area contributed by atoms with Crippen molar-refractivity contribution in [2.75, 3.05) is 23.3 Å². The summed E-state index contributed by atoms with van der Waals surface area (Å²) in [5.74, 6) is 2.02. The van der Waals surface area contributed by atoms with Gasteiger partial charge in [0.2, 0.25) is 5.95 Å². The maximum Gasteiger partial charge on any atom is 0.229 e. The SMILES string of the molecule is CCCc1cc(N2CCCC(C)C2)nc(Nc2ccc(F)cc2)n1. The van der Waals surface area contributed by atoms with E-state index in [0.29, 0.717) is 11.9 Å². The molecule has 0 spiro atoms. The molecule has 2 heterocycles. The van der Waals surface area contributed by atoms with Crippen LogP contribution in [0, 0.1) is 11.7 Å². The van der Waals surface area contributed by atoms with E-state index < -0.39 is 0 Å². The van der Waals surface area contributed by atoms with Crippen molar-refractivity contribution in [1.82, 2.24) is 9.97 Å². The molecule has 1 aromatic heterocycles. The molecule has 1 unspecified atom stereocenters. The first kappa shape index (κ1) is 16.7. The Morgan fingerprint density at radius 2 is 2.04 bits per heavy atom. The lowest BCUT2D eigenvalue weighted by atomic mass is 10.0. The Bertz CT molecular complexity index is 672. The second-order valence-corrected chi connectivity index (χ2v) is 6.62. The highest BCUT2D eigenvalue weighted by Crippen LogP contribution is 2.24. The quantitative estimate of drug-likeness (QED) is 0.874. The average molecular weight is 328 g/mol. The summed E-state index contributed by atoms with van der Waals surface area (Å²) in [6, 6.07) is 8.38. The Balaban J connectivity index is 1.85. The minimum atomic E-state index is -0.246. The van der Waals surface area contributed by atoms with Gasteiger partial charge in [-0.1, -0.05) is 20.3 Å². The third-order valence-corrected chi connectivity index (χ3v) is 4.35. The zero-order valence-electron chi connectivity index (χ0n) is 14.4. The van der Waals surface area contributed by atoms with Gasteiger partial charge in [-0.3, -0.25) is 0 Å². The van der Waals surface area contributed by atoms with Crippen LogP contribution in [0.2, 0.25) is 0 Å². The summed E-state index contributed by atoms with van der Waals surface area (Å²) in [7, 11) is 0. The number of halogens is 1. The van der Waals surface area contributed by atoms with Crippen LogP contribution in [0.1, 0.15) is 38.8 Å². The van der Waals surface area contributed by atoms with Gasteiger partial charge >= 0.3 is 0 Å². The Morgan fingerprint density at radius 3 is 2.75 bits per heavy atom. The zero-order valence-corrected chi connectivity index (χ0v) is 14.4. The highest BCUT2D eigenvalue weighted by molar-refractivity contribution is 5.55. The molecule has 1 aliphatic heterocycles. The van der Waals surface area contributed by atoms with Crippen molar-refractivity contribution in [1.29, 1.82) is 0 Å². The van der Waals surface area contributed by atoms with Crippen molar-refractivity contribution < 1.29 is 4.39 Å². The van der Waals surface area contributed by atoms with Gasteiger partial charge in [0.15, 0.2) is 0 Å². The van der Waals surface area contributed by atoms with Gasteiger partial charge in [-0.15, -0.1) is 0 Å². The molecule has 4 nitrogen and oxygen atoms in total. The van der Waals surface area contributed by atoms with Crippen LogP contribution in [0.4, 0.5) is 21.8 Å². The summed E-state index contributed by atoms with van der Waals surface area (Å²) in [6.45, 7) is 6.53. The second kappa shape index (κ2) is 7.60. The van der Waals surface area contributed by atoms with Crippen LogP contribution in [0.15, 0.2) is 30.3 Å². The highest BCUT2D eigenvalue weighted by Gasteiger charge is 2.19. The van der Waals surface area contributed by atoms with E-state index in [2.05, 4.69) is 35.1 Å². The van der Waals surface area contributed by atoms with Crippen molar-refractivity contribution in [2.24, 2.45) is 5.92 Å². The van der Waals surface area contributed by atoms with E-state index in [1.165, 1.54) is 25.0 Å². The maximum absolute atomic E-state index is 13.1. The van der Waals surface area contributed by atoms with Crippen molar-refractivity contribution in [3.8, 4) is 0 Å². The normalized spacial score (nSPS) is 17.8. The Labute approximate surface area is 143 Å². The Hall–Kier alpha value is -2.17. The fourth-order valence-electron chi connectivity index (χ4n) is 3.15. The topological polar surface area (TPSA) is 41.1 Å². The van der Waals surface area contributed by atoms with E-state index in [4.69, 9.17) is 4.98 Å². The van der Waals surface area contributed by atoms with E-state index in [0.717, 1.165) is 43.1 Å². The van der Waals surface area contributed by atoms with Crippen LogP contribution in [0.5, 0.6) is 0 Å². The first-order valence-electron chi connectivity index (χ1n) is 8.79. The number of hydrogen-bond donors (Lipinski definition) is 1. The van der Waals surface area contributed by atoms with Gasteiger partial charge in [0, 0.05) is 30.5 Å². The number of aromatic nitrogens is 2. The number of nitrogens with zero attached hydrogens (tertiary/aromatic N) is 3. The number of benzene rings is 1. The molecule has 0 aliphatic carbocycles. The number of aryl methyl sites for hydroxylation is 1. The molecule has 128 valence electrons. The summed E-state index contributed by atoms with van der Waals surface area (Å²) in [6.07, 6.45) is 4.46. The van der Waals surface area contributed by atoms with Crippen LogP contribution < -0.4 is 10.2 Å². The summed E-state index contributed by atoms with van der Waals surface area (Å²) in [4.78, 5) is 11.7. The van der Waals surface area contributed by atoms with E-state index in [-0.39, 0.29) is 5.82 Å². The van der Waals surface area contributed by atoms with Crippen molar-refractivity contribution >= 4 is 17.5 Å². The molecule has 1 atom stereocenters. The van der Waals surface area contributed by atoms with Gasteiger partial charge in [-0.05, 0) is 49.4 Å². The monoisotopic (exact) mass is 328 g/mol. The smallest absolute Gasteiger partial charge is 0.229 e. The van der Waals surface area contributed by atoms with E-state index >= 15 is 0 Å². The van der Waals surface area contributed by atoms with Crippen LogP contribution in [-0.2, 0) is 6.42 Å². The maximum atomic E-state index is 13.1. The van der Waals surface area contributed by atoms with Crippen LogP contribution >= 0.6 is 0 Å². The summed E-state index contributed by atoms with van der Waals surface area (Å²) in [5, 5.41) is 3.21. The van der Waals surface area contributed by atoms with E-state index in [1.807, 2.05) is 0 Å². The fourth-order valence-corrected chi connectivity index (χ4v) is 3.15. The van der Waals surface area contributed by atoms with Crippen LogP contribution in [0.3, 0.4) is 0 Å². The molecular formula is C19H25FN4. The zero-order chi connectivity index (χ0) is 16.9. The first-order valence-corrected chi connectivity index (χ1v) is 8.79. The van der Waals surface area contributed by atoms with Crippen molar-refractivity contribution in [2.45, 2.75) is 39.5 Å². The molecule has 24 heavy (non-hydrogen) atoms. The summed E-state index contributed by atoms with van der Waals surface area (Å²) in [5.41, 5.74) is 1.84. The van der Waals surface area contributed by atoms with Crippen molar-refractivity contribution in [3.63, 3.8) is 0 Å². The lowest BCUT2D eigenvalue weighted by molar-refractivity contribution is 0.444. The average Bonchev–Trinajstić information content (AvgIpc) is 2.57. The lowest BCUT2D eigenvalue weighted by Crippen LogP contribution is -2.35. The molecule has 5 heteroatoms. The van der Waals surface area contributed by atoms with Gasteiger partial charge in [0.1, 0.15) is 11.6 Å². The lowest BCUT2D eigenvalue weighted by Gasteiger charge is -2.32. The van der Waals surface area contributed by atoms with Gasteiger partial charge < -0.3 is 10.2 Å². The predicted octanol–water partition coefficient (Wildman–Crippen LogP) is 4.55. The van der Waals surface area contributed by atoms with E-state index in [1.54, 1.807) is 12.1 Å². The van der Waals surface area contributed by atoms with Gasteiger partial charge in [-0.2, -0.15) is 4.98 Å². The molecule has 0 amide bonds. The third kappa shape index (κ3) is 4.22. The molecule has 1 fully saturated rings. The second-order valence-electron chi connectivity index (χ2n) is 6.62. The minimum Gasteiger partial charge on any atom is -0.356 e. The van der Waals surface area contributed by atoms with Gasteiger partial charge in [0.05, 0.1) is 0 Å². The molecule has 1 aliphatic rings. The minimum absolute atomic E-state index is 0.246. The third-order valence-electron chi connectivity index (χ3n) is 4.35. The molecule has 3 rings (SSSR count). The van der Waals surface area contributed by atoms with Gasteiger partial charge in [-0.25, -0.2) is 9.37 Å². The fraction of sp³-hybridized carbons (Fsp3) is 0.474. The molecule has 2 aromatic rings. The number of nitrogens with one attached hydrogen (secondary N) is 1. The van der Waals surface area contributed by atoms with Crippen LogP contribution in [-0.4, -0.2) is 23.1 Å². The molecule has 1 N–H and O–H groups in total. The molecule has 0 saturated carbocycles. The van der Waals surface area contributed by atoms with E-state index in [9.17, 15) is 4.39 Å². The molecule has 0 radical (unpaired) electrons. The first-order chi connectivity index (χ1) is 11.6. The predicted molar refractivity (Wildman–Crippen MR) is 96.3 cm³/mol. The number of piperidine rings is 1. The molecule has 0 bridgehead atoms. The molecule has 1 aromatic carbocycles. The summed E-state index contributed by atoms with van der Waals surface area (Å²) >= 11 is 0. The van der Waals surface area contributed by atoms with Crippen LogP contribution in [0.25, 0.3) is 0 Å². The number of anilines is 3. The highest BCUT2D eigenvalue weighted by atomic mass is 19.1.